The lowest BCUT2D eigenvalue weighted by Crippen LogP contribution is -2.28. The number of nitrogens with one attached hydrogen (secondary N) is 1. The lowest BCUT2D eigenvalue weighted by Gasteiger charge is -1.99. The Morgan fingerprint density at radius 2 is 2.24 bits per heavy atom. The minimum Gasteiger partial charge on any atom is -0.370 e. The summed E-state index contributed by atoms with van der Waals surface area (Å²) >= 11 is 4.87. The third kappa shape index (κ3) is 6.26. The highest BCUT2D eigenvalue weighted by molar-refractivity contribution is 7.80. The predicted molar refractivity (Wildman–Crippen MR) is 73.5 cm³/mol. The van der Waals surface area contributed by atoms with Gasteiger partial charge in [-0.1, -0.05) is 18.2 Å². The molecule has 5 N–H and O–H groups in total. The molecule has 1 rings (SSSR count). The number of nitrogens with two attached hydrogens (primary N) is 2. The Kier molecular flexibility index (Phi) is 5.67. The molecule has 0 spiro atoms. The number of rotatable bonds is 4. The van der Waals surface area contributed by atoms with Crippen LogP contribution in [-0.4, -0.2) is 22.6 Å². The first-order valence-electron chi connectivity index (χ1n) is 5.11. The van der Waals surface area contributed by atoms with Crippen LogP contribution in [0.1, 0.15) is 5.69 Å². The molecule has 1 aromatic heterocycles. The molecule has 6 heteroatoms. The number of thiocarbonyl (C=S) groups is 1. The van der Waals surface area contributed by atoms with Gasteiger partial charge in [0.2, 0.25) is 0 Å². The summed E-state index contributed by atoms with van der Waals surface area (Å²) in [6.07, 6.45) is 6.52. The van der Waals surface area contributed by atoms with E-state index in [2.05, 4.69) is 15.3 Å². The number of nitrogens with zero attached hydrogens (tertiary/aromatic N) is 2. The Balaban J connectivity index is 2.23. The number of guanidine groups is 1. The van der Waals surface area contributed by atoms with E-state index >= 15 is 0 Å². The summed E-state index contributed by atoms with van der Waals surface area (Å²) < 4.78 is 0. The Bertz CT molecular complexity index is 409. The van der Waals surface area contributed by atoms with Gasteiger partial charge in [0, 0.05) is 24.9 Å². The minimum atomic E-state index is -0.0417. The van der Waals surface area contributed by atoms with Crippen molar-refractivity contribution in [2.75, 3.05) is 6.54 Å². The topological polar surface area (TPSA) is 89.3 Å². The summed E-state index contributed by atoms with van der Waals surface area (Å²) in [5, 5.41) is 3.16. The van der Waals surface area contributed by atoms with Crippen LogP contribution in [-0.2, 0) is 6.42 Å². The fourth-order valence-electron chi connectivity index (χ4n) is 1.11. The van der Waals surface area contributed by atoms with Gasteiger partial charge >= 0.3 is 0 Å². The third-order valence-corrected chi connectivity index (χ3v) is 2.06. The molecule has 0 saturated carbocycles. The highest BCUT2D eigenvalue weighted by Gasteiger charge is 1.90. The highest BCUT2D eigenvalue weighted by Crippen LogP contribution is 1.94. The van der Waals surface area contributed by atoms with Gasteiger partial charge in [0.15, 0.2) is 11.1 Å². The van der Waals surface area contributed by atoms with Gasteiger partial charge < -0.3 is 16.8 Å². The van der Waals surface area contributed by atoms with Crippen LogP contribution in [0.3, 0.4) is 0 Å². The fraction of sp³-hybridized carbons (Fsp3) is 0.182. The van der Waals surface area contributed by atoms with Crippen molar-refractivity contribution in [3.05, 3.63) is 42.2 Å². The molecule has 0 atom stereocenters. The molecule has 0 saturated heterocycles. The molecule has 5 nitrogen and oxygen atoms in total. The average Bonchev–Trinajstić information content (AvgIpc) is 2.29. The van der Waals surface area contributed by atoms with Crippen LogP contribution in [0, 0.1) is 0 Å². The largest absolute Gasteiger partial charge is 0.370 e. The Labute approximate surface area is 106 Å². The van der Waals surface area contributed by atoms with Crippen LogP contribution in [0.4, 0.5) is 0 Å². The zero-order chi connectivity index (χ0) is 12.5. The van der Waals surface area contributed by atoms with E-state index in [1.165, 1.54) is 0 Å². The van der Waals surface area contributed by atoms with Crippen LogP contribution in [0.2, 0.25) is 0 Å². The summed E-state index contributed by atoms with van der Waals surface area (Å²) in [5.74, 6) is -0.0417. The molecule has 0 aliphatic rings. The van der Waals surface area contributed by atoms with Crippen LogP contribution >= 0.6 is 12.2 Å². The number of hydrogen-bond donors (Lipinski definition) is 3. The molecule has 0 radical (unpaired) electrons. The van der Waals surface area contributed by atoms with Gasteiger partial charge in [0.05, 0.1) is 0 Å². The van der Waals surface area contributed by atoms with E-state index in [0.717, 1.165) is 12.1 Å². The quantitative estimate of drug-likeness (QED) is 0.310. The van der Waals surface area contributed by atoms with E-state index < -0.39 is 0 Å². The van der Waals surface area contributed by atoms with Crippen molar-refractivity contribution >= 4 is 23.3 Å². The highest BCUT2D eigenvalue weighted by atomic mass is 32.1. The second-order valence-electron chi connectivity index (χ2n) is 3.22. The van der Waals surface area contributed by atoms with Crippen molar-refractivity contribution in [2.45, 2.75) is 6.42 Å². The number of aliphatic imine (C=N–C) groups is 1. The first-order valence-corrected chi connectivity index (χ1v) is 5.51. The molecule has 0 aromatic carbocycles. The Morgan fingerprint density at radius 1 is 1.41 bits per heavy atom. The molecule has 1 heterocycles. The Morgan fingerprint density at radius 3 is 2.88 bits per heavy atom. The standard InChI is InChI=1S/C11H15N5S/c12-10(13)16-11(17)15-8-4-2-6-9-5-1-3-7-14-9/h1-5,7H,6,8H2,(H5,12,13,15,16,17). The van der Waals surface area contributed by atoms with Gasteiger partial charge in [-0.05, 0) is 24.4 Å². The second kappa shape index (κ2) is 7.34. The maximum atomic E-state index is 5.17. The molecule has 0 bridgehead atoms. The van der Waals surface area contributed by atoms with Crippen molar-refractivity contribution in [1.29, 1.82) is 0 Å². The molecule has 90 valence electrons. The molecule has 0 aliphatic heterocycles. The lowest BCUT2D eigenvalue weighted by atomic mass is 10.2. The summed E-state index contributed by atoms with van der Waals surface area (Å²) in [6, 6.07) is 5.83. The van der Waals surface area contributed by atoms with Crippen LogP contribution in [0.25, 0.3) is 0 Å². The fourth-order valence-corrected chi connectivity index (χ4v) is 1.30. The summed E-state index contributed by atoms with van der Waals surface area (Å²) in [4.78, 5) is 7.88. The number of pyridine rings is 1. The van der Waals surface area contributed by atoms with Gasteiger partial charge in [0.25, 0.3) is 0 Å². The molecule has 0 fully saturated rings. The van der Waals surface area contributed by atoms with Gasteiger partial charge in [-0.3, -0.25) is 4.98 Å². The molecule has 1 aromatic rings. The normalized spacial score (nSPS) is 10.1. The third-order valence-electron chi connectivity index (χ3n) is 1.82. The number of allylic oxidation sites excluding steroid dienone is 1. The van der Waals surface area contributed by atoms with Crippen molar-refractivity contribution in [2.24, 2.45) is 16.5 Å². The lowest BCUT2D eigenvalue weighted by molar-refractivity contribution is 1.03. The monoisotopic (exact) mass is 249 g/mol. The maximum absolute atomic E-state index is 5.17. The van der Waals surface area contributed by atoms with E-state index in [9.17, 15) is 0 Å². The van der Waals surface area contributed by atoms with Gasteiger partial charge in [-0.25, -0.2) is 0 Å². The van der Waals surface area contributed by atoms with Crippen molar-refractivity contribution in [3.8, 4) is 0 Å². The summed E-state index contributed by atoms with van der Waals surface area (Å²) in [7, 11) is 0. The van der Waals surface area contributed by atoms with Crippen molar-refractivity contribution in [3.63, 3.8) is 0 Å². The van der Waals surface area contributed by atoms with E-state index in [1.54, 1.807) is 6.20 Å². The van der Waals surface area contributed by atoms with E-state index in [-0.39, 0.29) is 11.1 Å². The van der Waals surface area contributed by atoms with E-state index in [4.69, 9.17) is 23.7 Å². The zero-order valence-corrected chi connectivity index (χ0v) is 10.2. The zero-order valence-electron chi connectivity index (χ0n) is 9.34. The minimum absolute atomic E-state index is 0.0417. The van der Waals surface area contributed by atoms with E-state index in [1.807, 2.05) is 30.4 Å². The van der Waals surface area contributed by atoms with Gasteiger partial charge in [0.1, 0.15) is 0 Å². The average molecular weight is 249 g/mol. The first kappa shape index (κ1) is 13.1. The second-order valence-corrected chi connectivity index (χ2v) is 3.61. The molecule has 17 heavy (non-hydrogen) atoms. The van der Waals surface area contributed by atoms with Crippen LogP contribution in [0.5, 0.6) is 0 Å². The number of aromatic nitrogens is 1. The van der Waals surface area contributed by atoms with Crippen LogP contribution in [0.15, 0.2) is 41.5 Å². The van der Waals surface area contributed by atoms with Gasteiger partial charge in [-0.2, -0.15) is 4.99 Å². The molecular weight excluding hydrogens is 234 g/mol. The SMILES string of the molecule is NC(N)=NC(=S)NCC=CCc1ccccn1. The summed E-state index contributed by atoms with van der Waals surface area (Å²) in [6.45, 7) is 0.586. The van der Waals surface area contributed by atoms with Crippen molar-refractivity contribution in [1.82, 2.24) is 10.3 Å². The Hall–Kier alpha value is -1.95. The molecular formula is C11H15N5S. The van der Waals surface area contributed by atoms with E-state index in [0.29, 0.717) is 6.54 Å². The molecule has 0 unspecified atom stereocenters. The number of hydrogen-bond acceptors (Lipinski definition) is 2. The van der Waals surface area contributed by atoms with Gasteiger partial charge in [-0.15, -0.1) is 0 Å². The first-order chi connectivity index (χ1) is 8.18. The van der Waals surface area contributed by atoms with Crippen LogP contribution < -0.4 is 16.8 Å². The smallest absolute Gasteiger partial charge is 0.196 e. The molecule has 0 amide bonds. The predicted octanol–water partition coefficient (Wildman–Crippen LogP) is 0.328. The van der Waals surface area contributed by atoms with Crippen molar-refractivity contribution < 1.29 is 0 Å². The summed E-state index contributed by atoms with van der Waals surface area (Å²) in [5.41, 5.74) is 11.4. The maximum Gasteiger partial charge on any atom is 0.196 e. The molecule has 0 aliphatic carbocycles.